The molecular formula is C14H7F2N5S. The van der Waals surface area contributed by atoms with E-state index >= 15 is 0 Å². The Balaban J connectivity index is 1.89. The maximum Gasteiger partial charge on any atom is 0.235 e. The first-order valence-corrected chi connectivity index (χ1v) is 7.12. The maximum atomic E-state index is 13.9. The van der Waals surface area contributed by atoms with E-state index in [1.165, 1.54) is 4.52 Å². The van der Waals surface area contributed by atoms with Crippen molar-refractivity contribution >= 4 is 16.3 Å². The fourth-order valence-electron chi connectivity index (χ4n) is 2.07. The van der Waals surface area contributed by atoms with Gasteiger partial charge in [0.15, 0.2) is 10.8 Å². The molecule has 0 saturated carbocycles. The molecule has 4 rings (SSSR count). The first-order valence-electron chi connectivity index (χ1n) is 6.30. The van der Waals surface area contributed by atoms with E-state index in [2.05, 4.69) is 20.3 Å². The fourth-order valence-corrected chi connectivity index (χ4v) is 2.93. The lowest BCUT2D eigenvalue weighted by Crippen LogP contribution is -1.92. The van der Waals surface area contributed by atoms with Crippen molar-refractivity contribution in [1.29, 1.82) is 0 Å². The third-order valence-electron chi connectivity index (χ3n) is 3.09. The Kier molecular flexibility index (Phi) is 2.90. The van der Waals surface area contributed by atoms with Crippen LogP contribution in [0.1, 0.15) is 0 Å². The number of rotatable bonds is 2. The Morgan fingerprint density at radius 2 is 1.82 bits per heavy atom. The highest BCUT2D eigenvalue weighted by molar-refractivity contribution is 7.19. The maximum absolute atomic E-state index is 13.9. The number of aromatic nitrogens is 5. The number of hydrogen-bond acceptors (Lipinski definition) is 5. The van der Waals surface area contributed by atoms with Gasteiger partial charge in [-0.05, 0) is 30.3 Å². The number of nitrogens with zero attached hydrogens (tertiary/aromatic N) is 5. The third kappa shape index (κ3) is 2.04. The van der Waals surface area contributed by atoms with Crippen LogP contribution in [0.15, 0.2) is 42.7 Å². The van der Waals surface area contributed by atoms with Gasteiger partial charge in [0.1, 0.15) is 11.6 Å². The highest BCUT2D eigenvalue weighted by Crippen LogP contribution is 2.29. The topological polar surface area (TPSA) is 56.0 Å². The Morgan fingerprint density at radius 3 is 2.64 bits per heavy atom. The summed E-state index contributed by atoms with van der Waals surface area (Å²) in [6.45, 7) is 0. The molecule has 108 valence electrons. The molecule has 3 aromatic heterocycles. The standard InChI is InChI=1S/C14H7F2N5S/c15-9-1-2-11(16)10(7-9)13-20-21-12(18-19-14(21)22-13)8-3-5-17-6-4-8/h1-7H. The molecule has 3 heterocycles. The molecule has 0 aliphatic rings. The van der Waals surface area contributed by atoms with Crippen molar-refractivity contribution in [2.24, 2.45) is 0 Å². The SMILES string of the molecule is Fc1ccc(F)c(-c2nn3c(-c4ccncc4)nnc3s2)c1. The summed E-state index contributed by atoms with van der Waals surface area (Å²) in [4.78, 5) is 4.45. The van der Waals surface area contributed by atoms with E-state index in [1.54, 1.807) is 24.5 Å². The van der Waals surface area contributed by atoms with Gasteiger partial charge >= 0.3 is 0 Å². The van der Waals surface area contributed by atoms with Crippen LogP contribution in [0.5, 0.6) is 0 Å². The third-order valence-corrected chi connectivity index (χ3v) is 4.02. The van der Waals surface area contributed by atoms with Crippen LogP contribution >= 0.6 is 11.3 Å². The molecule has 0 spiro atoms. The summed E-state index contributed by atoms with van der Waals surface area (Å²) in [5.41, 5.74) is 0.898. The molecule has 0 bridgehead atoms. The summed E-state index contributed by atoms with van der Waals surface area (Å²) in [6.07, 6.45) is 3.27. The number of fused-ring (bicyclic) bond motifs is 1. The molecule has 0 radical (unpaired) electrons. The van der Waals surface area contributed by atoms with Crippen LogP contribution < -0.4 is 0 Å². The second-order valence-electron chi connectivity index (χ2n) is 4.49. The van der Waals surface area contributed by atoms with Gasteiger partial charge in [0.25, 0.3) is 0 Å². The summed E-state index contributed by atoms with van der Waals surface area (Å²) in [5, 5.41) is 12.7. The minimum Gasteiger partial charge on any atom is -0.265 e. The molecule has 0 atom stereocenters. The van der Waals surface area contributed by atoms with Gasteiger partial charge < -0.3 is 0 Å². The van der Waals surface area contributed by atoms with Crippen molar-refractivity contribution in [3.05, 3.63) is 54.4 Å². The monoisotopic (exact) mass is 315 g/mol. The zero-order valence-electron chi connectivity index (χ0n) is 10.9. The Morgan fingerprint density at radius 1 is 1.00 bits per heavy atom. The van der Waals surface area contributed by atoms with Gasteiger partial charge in [-0.2, -0.15) is 9.61 Å². The quantitative estimate of drug-likeness (QED) is 0.570. The Bertz CT molecular complexity index is 964. The second-order valence-corrected chi connectivity index (χ2v) is 5.44. The lowest BCUT2D eigenvalue weighted by Gasteiger charge is -1.98. The zero-order chi connectivity index (χ0) is 15.1. The summed E-state index contributed by atoms with van der Waals surface area (Å²) >= 11 is 1.14. The average molecular weight is 315 g/mol. The van der Waals surface area contributed by atoms with Crippen molar-refractivity contribution in [3.63, 3.8) is 0 Å². The molecular weight excluding hydrogens is 308 g/mol. The summed E-state index contributed by atoms with van der Waals surface area (Å²) < 4.78 is 28.7. The van der Waals surface area contributed by atoms with Crippen LogP contribution in [0.2, 0.25) is 0 Å². The Hall–Kier alpha value is -2.74. The number of halogens is 2. The summed E-state index contributed by atoms with van der Waals surface area (Å²) in [7, 11) is 0. The molecule has 1 aromatic carbocycles. The van der Waals surface area contributed by atoms with Gasteiger partial charge in [0, 0.05) is 18.0 Å². The molecule has 5 nitrogen and oxygen atoms in total. The van der Waals surface area contributed by atoms with Crippen molar-refractivity contribution in [3.8, 4) is 22.0 Å². The van der Waals surface area contributed by atoms with Gasteiger partial charge in [0.05, 0.1) is 5.56 Å². The zero-order valence-corrected chi connectivity index (χ0v) is 11.8. The lowest BCUT2D eigenvalue weighted by molar-refractivity contribution is 0.603. The van der Waals surface area contributed by atoms with Gasteiger partial charge in [0.2, 0.25) is 4.96 Å². The predicted octanol–water partition coefficient (Wildman–Crippen LogP) is 3.19. The summed E-state index contributed by atoms with van der Waals surface area (Å²) in [5.74, 6) is -0.523. The van der Waals surface area contributed by atoms with Crippen LogP contribution in [-0.4, -0.2) is 24.8 Å². The number of pyridine rings is 1. The van der Waals surface area contributed by atoms with Crippen LogP contribution in [0, 0.1) is 11.6 Å². The summed E-state index contributed by atoms with van der Waals surface area (Å²) in [6, 6.07) is 6.82. The lowest BCUT2D eigenvalue weighted by atomic mass is 10.2. The van der Waals surface area contributed by atoms with E-state index < -0.39 is 11.6 Å². The first-order chi connectivity index (χ1) is 10.7. The van der Waals surface area contributed by atoms with Gasteiger partial charge in [-0.15, -0.1) is 10.2 Å². The van der Waals surface area contributed by atoms with Crippen molar-refractivity contribution < 1.29 is 8.78 Å². The molecule has 0 fully saturated rings. The van der Waals surface area contributed by atoms with Crippen LogP contribution in [0.3, 0.4) is 0 Å². The predicted molar refractivity (Wildman–Crippen MR) is 77.2 cm³/mol. The van der Waals surface area contributed by atoms with E-state index in [-0.39, 0.29) is 5.56 Å². The molecule has 0 unspecified atom stereocenters. The van der Waals surface area contributed by atoms with Crippen molar-refractivity contribution in [1.82, 2.24) is 24.8 Å². The van der Waals surface area contributed by atoms with Crippen LogP contribution in [-0.2, 0) is 0 Å². The number of hydrogen-bond donors (Lipinski definition) is 0. The Labute approximate surface area is 126 Å². The van der Waals surface area contributed by atoms with Crippen molar-refractivity contribution in [2.75, 3.05) is 0 Å². The number of benzene rings is 1. The molecule has 0 N–H and O–H groups in total. The molecule has 0 amide bonds. The van der Waals surface area contributed by atoms with Gasteiger partial charge in [-0.25, -0.2) is 8.78 Å². The normalized spacial score (nSPS) is 11.2. The highest BCUT2D eigenvalue weighted by Gasteiger charge is 2.16. The molecule has 0 saturated heterocycles. The minimum atomic E-state index is -0.531. The van der Waals surface area contributed by atoms with Gasteiger partial charge in [-0.1, -0.05) is 11.3 Å². The minimum absolute atomic E-state index is 0.108. The molecule has 8 heteroatoms. The largest absolute Gasteiger partial charge is 0.265 e. The van der Waals surface area contributed by atoms with Crippen molar-refractivity contribution in [2.45, 2.75) is 0 Å². The molecule has 0 aliphatic carbocycles. The average Bonchev–Trinajstić information content (AvgIpc) is 3.10. The van der Waals surface area contributed by atoms with E-state index in [9.17, 15) is 8.78 Å². The smallest absolute Gasteiger partial charge is 0.235 e. The second kappa shape index (κ2) is 4.92. The molecule has 22 heavy (non-hydrogen) atoms. The van der Waals surface area contributed by atoms with E-state index in [1.807, 2.05) is 0 Å². The molecule has 0 aliphatic heterocycles. The molecule has 4 aromatic rings. The van der Waals surface area contributed by atoms with E-state index in [0.717, 1.165) is 35.1 Å². The highest BCUT2D eigenvalue weighted by atomic mass is 32.1. The first kappa shape index (κ1) is 13.0. The van der Waals surface area contributed by atoms with Gasteiger partial charge in [-0.3, -0.25) is 4.98 Å². The fraction of sp³-hybridized carbons (Fsp3) is 0. The van der Waals surface area contributed by atoms with Crippen LogP contribution in [0.25, 0.3) is 26.9 Å². The van der Waals surface area contributed by atoms with E-state index in [4.69, 9.17) is 0 Å². The van der Waals surface area contributed by atoms with E-state index in [0.29, 0.717) is 15.8 Å². The van der Waals surface area contributed by atoms with Crippen LogP contribution in [0.4, 0.5) is 8.78 Å².